The average Bonchev–Trinajstić information content (AvgIpc) is 3.51. The van der Waals surface area contributed by atoms with Crippen LogP contribution in [0.1, 0.15) is 40.0 Å². The van der Waals surface area contributed by atoms with Crippen molar-refractivity contribution in [2.45, 2.75) is 19.3 Å². The van der Waals surface area contributed by atoms with E-state index in [-0.39, 0.29) is 23.1 Å². The summed E-state index contributed by atoms with van der Waals surface area (Å²) in [6.45, 7) is -0.510. The Labute approximate surface area is 203 Å². The molecule has 3 amide bonds. The van der Waals surface area contributed by atoms with E-state index in [0.717, 1.165) is 33.8 Å². The summed E-state index contributed by atoms with van der Waals surface area (Å²) in [5, 5.41) is 12.8. The molecule has 2 saturated carbocycles. The minimum atomic E-state index is -0.741. The predicted octanol–water partition coefficient (Wildman–Crippen LogP) is 3.63. The van der Waals surface area contributed by atoms with E-state index in [2.05, 4.69) is 15.9 Å². The minimum Gasteiger partial charge on any atom is -0.292 e. The molecule has 10 heteroatoms. The van der Waals surface area contributed by atoms with Gasteiger partial charge < -0.3 is 0 Å². The summed E-state index contributed by atoms with van der Waals surface area (Å²) in [4.78, 5) is 63.7. The first kappa shape index (κ1) is 22.4. The number of benzene rings is 2. The first-order valence-electron chi connectivity index (χ1n) is 11.0. The largest absolute Gasteiger partial charge is 0.292 e. The van der Waals surface area contributed by atoms with Gasteiger partial charge in [-0.3, -0.25) is 29.3 Å². The Morgan fingerprint density at radius 2 is 1.47 bits per heavy atom. The summed E-state index contributed by atoms with van der Waals surface area (Å²) in [6.07, 6.45) is 2.61. The second-order valence-corrected chi connectivity index (χ2v) is 9.89. The molecule has 2 bridgehead atoms. The molecule has 34 heavy (non-hydrogen) atoms. The topological polar surface area (TPSA) is 118 Å². The van der Waals surface area contributed by atoms with Crippen LogP contribution in [0.2, 0.25) is 0 Å². The number of hydrogen-bond donors (Lipinski definition) is 0. The van der Waals surface area contributed by atoms with Gasteiger partial charge in [-0.25, -0.2) is 5.01 Å². The SMILES string of the molecule is O=C(CN(C(=O)c1ccc([N+](=O)[O-])cc1)N1C(=O)[C@@H]2[C@H]3CC[C@@H](C3)[C@H]2C1=O)c1ccc(Br)cc1. The van der Waals surface area contributed by atoms with Crippen molar-refractivity contribution in [2.24, 2.45) is 23.7 Å². The number of rotatable bonds is 6. The van der Waals surface area contributed by atoms with Crippen LogP contribution >= 0.6 is 15.9 Å². The van der Waals surface area contributed by atoms with Crippen molar-refractivity contribution in [1.82, 2.24) is 10.0 Å². The van der Waals surface area contributed by atoms with Crippen LogP contribution in [-0.4, -0.2) is 45.0 Å². The van der Waals surface area contributed by atoms with Crippen LogP contribution in [0, 0.1) is 33.8 Å². The standard InChI is InChI=1S/C24H20BrN3O6/c25-17-7-3-13(4-8-17)19(29)12-26(22(30)14-5-9-18(10-6-14)28(33)34)27-23(31)20-15-1-2-16(11-15)21(20)24(27)32/h3-10,15-16,20-21H,1-2,11-12H2/t15-,16-,20+,21+/m0/s1. The summed E-state index contributed by atoms with van der Waals surface area (Å²) < 4.78 is 0.774. The highest BCUT2D eigenvalue weighted by molar-refractivity contribution is 9.10. The Hall–Kier alpha value is -3.40. The van der Waals surface area contributed by atoms with Crippen LogP contribution in [0.3, 0.4) is 0 Å². The highest BCUT2D eigenvalue weighted by atomic mass is 79.9. The molecule has 174 valence electrons. The van der Waals surface area contributed by atoms with E-state index < -0.39 is 46.8 Å². The van der Waals surface area contributed by atoms with Gasteiger partial charge in [-0.15, -0.1) is 0 Å². The Balaban J connectivity index is 1.49. The molecule has 1 saturated heterocycles. The van der Waals surface area contributed by atoms with Gasteiger partial charge in [-0.05, 0) is 55.4 Å². The number of hydrogen-bond acceptors (Lipinski definition) is 6. The van der Waals surface area contributed by atoms with Crippen LogP contribution in [0.15, 0.2) is 53.0 Å². The molecule has 0 unspecified atom stereocenters. The zero-order valence-electron chi connectivity index (χ0n) is 17.9. The van der Waals surface area contributed by atoms with Crippen molar-refractivity contribution >= 4 is 45.1 Å². The molecule has 0 spiro atoms. The minimum absolute atomic E-state index is 0.0369. The number of carbonyl (C=O) groups is 4. The van der Waals surface area contributed by atoms with E-state index >= 15 is 0 Å². The maximum atomic E-state index is 13.5. The number of hydrazine groups is 1. The fourth-order valence-electron chi connectivity index (χ4n) is 5.60. The summed E-state index contributed by atoms with van der Waals surface area (Å²) in [5.74, 6) is -2.74. The number of ketones is 1. The zero-order chi connectivity index (χ0) is 24.1. The fourth-order valence-corrected chi connectivity index (χ4v) is 5.87. The molecule has 9 nitrogen and oxygen atoms in total. The maximum Gasteiger partial charge on any atom is 0.273 e. The van der Waals surface area contributed by atoms with Gasteiger partial charge in [-0.1, -0.05) is 28.1 Å². The number of carbonyl (C=O) groups excluding carboxylic acids is 4. The number of amides is 3. The van der Waals surface area contributed by atoms with Gasteiger partial charge in [0.05, 0.1) is 16.8 Å². The number of Topliss-reactive ketones (excluding diaryl/α,β-unsaturated/α-hetero) is 1. The smallest absolute Gasteiger partial charge is 0.273 e. The highest BCUT2D eigenvalue weighted by Gasteiger charge is 2.62. The van der Waals surface area contributed by atoms with Gasteiger partial charge in [0.15, 0.2) is 5.78 Å². The van der Waals surface area contributed by atoms with Crippen LogP contribution < -0.4 is 0 Å². The Morgan fingerprint density at radius 3 is 2.00 bits per heavy atom. The Bertz CT molecular complexity index is 1180. The molecular weight excluding hydrogens is 506 g/mol. The lowest BCUT2D eigenvalue weighted by atomic mass is 9.81. The summed E-state index contributed by atoms with van der Waals surface area (Å²) in [6, 6.07) is 11.4. The monoisotopic (exact) mass is 525 g/mol. The van der Waals surface area contributed by atoms with E-state index in [1.54, 1.807) is 24.3 Å². The Kier molecular flexibility index (Phi) is 5.55. The molecule has 0 radical (unpaired) electrons. The van der Waals surface area contributed by atoms with Gasteiger partial charge in [-0.2, -0.15) is 5.01 Å². The van der Waals surface area contributed by atoms with Crippen LogP contribution in [0.5, 0.6) is 0 Å². The third-order valence-corrected chi connectivity index (χ3v) is 7.69. The number of imide groups is 1. The van der Waals surface area contributed by atoms with Crippen molar-refractivity contribution in [2.75, 3.05) is 6.54 Å². The number of nitro groups is 1. The quantitative estimate of drug-likeness (QED) is 0.246. The van der Waals surface area contributed by atoms with E-state index in [0.29, 0.717) is 5.56 Å². The zero-order valence-corrected chi connectivity index (χ0v) is 19.5. The lowest BCUT2D eigenvalue weighted by Gasteiger charge is -2.30. The first-order valence-corrected chi connectivity index (χ1v) is 11.8. The lowest BCUT2D eigenvalue weighted by Crippen LogP contribution is -2.52. The second-order valence-electron chi connectivity index (χ2n) is 8.97. The molecule has 2 aromatic rings. The van der Waals surface area contributed by atoms with Crippen LogP contribution in [0.4, 0.5) is 5.69 Å². The molecule has 3 fully saturated rings. The molecule has 5 rings (SSSR count). The van der Waals surface area contributed by atoms with Crippen LogP contribution in [-0.2, 0) is 9.59 Å². The number of halogens is 1. The van der Waals surface area contributed by atoms with Crippen molar-refractivity contribution in [3.63, 3.8) is 0 Å². The van der Waals surface area contributed by atoms with E-state index in [9.17, 15) is 29.3 Å². The summed E-state index contributed by atoms with van der Waals surface area (Å²) in [5.41, 5.74) is 0.160. The summed E-state index contributed by atoms with van der Waals surface area (Å²) in [7, 11) is 0. The molecule has 0 aromatic heterocycles. The molecule has 1 aliphatic heterocycles. The van der Waals surface area contributed by atoms with E-state index in [4.69, 9.17) is 0 Å². The third-order valence-electron chi connectivity index (χ3n) is 7.16. The van der Waals surface area contributed by atoms with Gasteiger partial charge in [0.25, 0.3) is 23.4 Å². The molecule has 4 atom stereocenters. The van der Waals surface area contributed by atoms with Crippen molar-refractivity contribution < 1.29 is 24.1 Å². The molecule has 3 aliphatic rings. The molecule has 2 aromatic carbocycles. The lowest BCUT2D eigenvalue weighted by molar-refractivity contribution is -0.384. The van der Waals surface area contributed by atoms with E-state index in [1.165, 1.54) is 24.3 Å². The first-order chi connectivity index (χ1) is 16.3. The number of nitrogens with zero attached hydrogens (tertiary/aromatic N) is 3. The normalized spacial score (nSPS) is 24.9. The maximum absolute atomic E-state index is 13.5. The molecule has 2 aliphatic carbocycles. The van der Waals surface area contributed by atoms with Gasteiger partial charge >= 0.3 is 0 Å². The van der Waals surface area contributed by atoms with Gasteiger partial charge in [0.1, 0.15) is 6.54 Å². The number of non-ortho nitro benzene ring substituents is 1. The van der Waals surface area contributed by atoms with Crippen molar-refractivity contribution in [1.29, 1.82) is 0 Å². The van der Waals surface area contributed by atoms with Gasteiger partial charge in [0.2, 0.25) is 0 Å². The molecule has 0 N–H and O–H groups in total. The van der Waals surface area contributed by atoms with Crippen molar-refractivity contribution in [3.05, 3.63) is 74.2 Å². The molecular formula is C24H20BrN3O6. The van der Waals surface area contributed by atoms with Crippen LogP contribution in [0.25, 0.3) is 0 Å². The van der Waals surface area contributed by atoms with Gasteiger partial charge in [0, 0.05) is 27.7 Å². The second kappa shape index (κ2) is 8.43. The number of nitro benzene ring substituents is 1. The third kappa shape index (κ3) is 3.62. The highest BCUT2D eigenvalue weighted by Crippen LogP contribution is 2.56. The van der Waals surface area contributed by atoms with Crippen molar-refractivity contribution in [3.8, 4) is 0 Å². The predicted molar refractivity (Wildman–Crippen MR) is 122 cm³/mol. The summed E-state index contributed by atoms with van der Waals surface area (Å²) >= 11 is 3.31. The average molecular weight is 526 g/mol. The van der Waals surface area contributed by atoms with E-state index in [1.807, 2.05) is 0 Å². The molecule has 1 heterocycles. The Morgan fingerprint density at radius 1 is 0.941 bits per heavy atom. The fraction of sp³-hybridized carbons (Fsp3) is 0.333. The number of fused-ring (bicyclic) bond motifs is 5.